The highest BCUT2D eigenvalue weighted by Gasteiger charge is 2.22. The lowest BCUT2D eigenvalue weighted by atomic mass is 9.60. The van der Waals surface area contributed by atoms with Gasteiger partial charge in [0.2, 0.25) is 0 Å². The molecule has 0 saturated carbocycles. The molecule has 10 rings (SSSR count). The average molecular weight is 700 g/mol. The predicted octanol–water partition coefficient (Wildman–Crippen LogP) is 2.83. The van der Waals surface area contributed by atoms with Crippen LogP contribution in [0.2, 0.25) is 0 Å². The van der Waals surface area contributed by atoms with Crippen molar-refractivity contribution in [3.63, 3.8) is 0 Å². The number of hydrogen-bond donors (Lipinski definition) is 0. The molecule has 0 spiro atoms. The minimum atomic E-state index is 0.618. The molecule has 0 atom stereocenters. The first-order valence-electron chi connectivity index (χ1n) is 18.8. The van der Waals surface area contributed by atoms with Gasteiger partial charge < -0.3 is 8.98 Å². The molecule has 5 nitrogen and oxygen atoms in total. The Morgan fingerprint density at radius 1 is 0.436 bits per heavy atom. The highest BCUT2D eigenvalue weighted by atomic mass is 16.3. The van der Waals surface area contributed by atoms with Crippen molar-refractivity contribution in [3.8, 4) is 51.0 Å². The number of fused-ring (bicyclic) bond motifs is 6. The summed E-state index contributed by atoms with van der Waals surface area (Å²) in [7, 11) is 10.9. The molecule has 10 aromatic rings. The second kappa shape index (κ2) is 12.8. The first-order chi connectivity index (χ1) is 26.9. The Hall–Kier alpha value is -6.53. The van der Waals surface area contributed by atoms with Crippen molar-refractivity contribution in [2.45, 2.75) is 0 Å². The van der Waals surface area contributed by atoms with Crippen molar-refractivity contribution >= 4 is 110 Å². The van der Waals surface area contributed by atoms with Gasteiger partial charge in [-0.1, -0.05) is 114 Å². The average Bonchev–Trinajstić information content (AvgIpc) is 3.78. The number of nitrogens with zero attached hydrogens (tertiary/aromatic N) is 4. The van der Waals surface area contributed by atoms with Crippen molar-refractivity contribution in [2.75, 3.05) is 0 Å². The van der Waals surface area contributed by atoms with Crippen molar-refractivity contribution in [1.29, 1.82) is 0 Å². The summed E-state index contributed by atoms with van der Waals surface area (Å²) >= 11 is 0. The lowest BCUT2D eigenvalue weighted by Gasteiger charge is -2.20. The van der Waals surface area contributed by atoms with Crippen LogP contribution in [0, 0.1) is 0 Å². The minimum Gasteiger partial charge on any atom is -0.455 e. The Bertz CT molecular complexity index is 3130. The molecule has 55 heavy (non-hydrogen) atoms. The molecule has 0 radical (unpaired) electrons. The topological polar surface area (TPSA) is 56.7 Å². The zero-order valence-electron chi connectivity index (χ0n) is 31.5. The fourth-order valence-electron chi connectivity index (χ4n) is 8.42. The first-order valence-corrected chi connectivity index (χ1v) is 18.8. The van der Waals surface area contributed by atoms with Gasteiger partial charge in [-0.25, -0.2) is 15.0 Å². The number of benzene rings is 7. The van der Waals surface area contributed by atoms with Crippen LogP contribution in [0.3, 0.4) is 0 Å². The molecule has 0 N–H and O–H groups in total. The van der Waals surface area contributed by atoms with Crippen LogP contribution in [-0.4, -0.2) is 58.8 Å². The van der Waals surface area contributed by atoms with Crippen molar-refractivity contribution < 1.29 is 4.42 Å². The molecule has 7 aromatic carbocycles. The van der Waals surface area contributed by atoms with Gasteiger partial charge in [0.15, 0.2) is 17.5 Å². The minimum absolute atomic E-state index is 0.618. The smallest absolute Gasteiger partial charge is 0.164 e. The van der Waals surface area contributed by atoms with E-state index >= 15 is 0 Å². The van der Waals surface area contributed by atoms with Gasteiger partial charge in [0.05, 0.1) is 11.0 Å². The third-order valence-electron chi connectivity index (χ3n) is 11.7. The summed E-state index contributed by atoms with van der Waals surface area (Å²) < 4.78 is 9.16. The molecular formula is C45H33B5N4O. The third kappa shape index (κ3) is 5.19. The lowest BCUT2D eigenvalue weighted by Crippen LogP contribution is -2.55. The van der Waals surface area contributed by atoms with Gasteiger partial charge in [-0.15, -0.1) is 16.4 Å². The summed E-state index contributed by atoms with van der Waals surface area (Å²) in [5.74, 6) is 1.94. The summed E-state index contributed by atoms with van der Waals surface area (Å²) in [6.07, 6.45) is 0. The second-order valence-corrected chi connectivity index (χ2v) is 14.6. The van der Waals surface area contributed by atoms with Gasteiger partial charge in [-0.3, -0.25) is 0 Å². The molecule has 0 aliphatic heterocycles. The Balaban J connectivity index is 1.19. The van der Waals surface area contributed by atoms with Gasteiger partial charge in [-0.05, 0) is 42.0 Å². The molecule has 254 valence electrons. The van der Waals surface area contributed by atoms with E-state index < -0.39 is 0 Å². The highest BCUT2D eigenvalue weighted by molar-refractivity contribution is 6.68. The first kappa shape index (κ1) is 33.1. The number of rotatable bonds is 5. The molecule has 0 aliphatic rings. The SMILES string of the molecule is Bc1c(B)c(B)c(-c2nc(-c3ccccc3)nc(-c3cccc4oc5c(-c6ccc7c(c6)c6ccccc6n7-c6ccccc6)cccc5c34)n2)c(B)c1B. The number of hydrogen-bond acceptors (Lipinski definition) is 4. The molecule has 0 saturated heterocycles. The van der Waals surface area contributed by atoms with Crippen molar-refractivity contribution in [2.24, 2.45) is 0 Å². The normalized spacial score (nSPS) is 11.6. The quantitative estimate of drug-likeness (QED) is 0.260. The van der Waals surface area contributed by atoms with Crippen LogP contribution in [0.1, 0.15) is 0 Å². The van der Waals surface area contributed by atoms with Crippen LogP contribution in [-0.2, 0) is 0 Å². The molecule has 0 amide bonds. The molecule has 0 aliphatic carbocycles. The zero-order valence-corrected chi connectivity index (χ0v) is 31.5. The van der Waals surface area contributed by atoms with E-state index in [0.29, 0.717) is 17.5 Å². The van der Waals surface area contributed by atoms with Crippen LogP contribution in [0.4, 0.5) is 0 Å². The molecule has 3 heterocycles. The number of para-hydroxylation sites is 3. The molecule has 0 unspecified atom stereocenters. The van der Waals surface area contributed by atoms with Crippen LogP contribution in [0.5, 0.6) is 0 Å². The van der Waals surface area contributed by atoms with Gasteiger partial charge in [-0.2, -0.15) is 0 Å². The maximum absolute atomic E-state index is 6.81. The van der Waals surface area contributed by atoms with Crippen LogP contribution in [0.25, 0.3) is 94.7 Å². The second-order valence-electron chi connectivity index (χ2n) is 14.6. The lowest BCUT2D eigenvalue weighted by molar-refractivity contribution is 0.670. The molecule has 3 aromatic heterocycles. The van der Waals surface area contributed by atoms with Gasteiger partial charge in [0, 0.05) is 49.5 Å². The number of aromatic nitrogens is 4. The van der Waals surface area contributed by atoms with E-state index in [-0.39, 0.29) is 0 Å². The predicted molar refractivity (Wildman–Crippen MR) is 244 cm³/mol. The summed E-state index contributed by atoms with van der Waals surface area (Å²) in [5.41, 5.74) is 16.4. The maximum Gasteiger partial charge on any atom is 0.164 e. The number of furan rings is 1. The highest BCUT2D eigenvalue weighted by Crippen LogP contribution is 2.42. The molecular weight excluding hydrogens is 667 g/mol. The van der Waals surface area contributed by atoms with Crippen LogP contribution >= 0.6 is 0 Å². The molecule has 0 bridgehead atoms. The van der Waals surface area contributed by atoms with E-state index in [1.165, 1.54) is 49.1 Å². The summed E-state index contributed by atoms with van der Waals surface area (Å²) in [6, 6.07) is 48.8. The van der Waals surface area contributed by atoms with Gasteiger partial charge in [0.25, 0.3) is 0 Å². The fraction of sp³-hybridized carbons (Fsp3) is 0. The zero-order chi connectivity index (χ0) is 37.4. The van der Waals surface area contributed by atoms with E-state index in [2.05, 4.69) is 153 Å². The van der Waals surface area contributed by atoms with E-state index in [1.807, 2.05) is 30.3 Å². The summed E-state index contributed by atoms with van der Waals surface area (Å²) in [4.78, 5) is 15.6. The van der Waals surface area contributed by atoms with Gasteiger partial charge >= 0.3 is 0 Å². The fourth-order valence-corrected chi connectivity index (χ4v) is 8.42. The van der Waals surface area contributed by atoms with E-state index in [4.69, 9.17) is 19.4 Å². The Kier molecular flexibility index (Phi) is 7.70. The summed E-state index contributed by atoms with van der Waals surface area (Å²) in [6.45, 7) is 0. The standard InChI is InChI=1S/C45H33B5N4O/c46-37-36(38(47)40(49)41(50)39(37)48)45-52-43(24-11-3-1-4-12-24)51-44(53-45)30-18-10-20-34-35(30)29-17-9-16-27(42(29)55-34)25-21-22-33-31(23-25)28-15-7-8-19-32(28)54(33)26-13-5-2-6-14-26/h1-23H,46-50H2. The van der Waals surface area contributed by atoms with E-state index in [1.54, 1.807) is 0 Å². The van der Waals surface area contributed by atoms with Crippen LogP contribution in [0.15, 0.2) is 144 Å². The summed E-state index contributed by atoms with van der Waals surface area (Å²) in [5, 5.41) is 4.42. The van der Waals surface area contributed by atoms with Crippen molar-refractivity contribution in [1.82, 2.24) is 19.5 Å². The monoisotopic (exact) mass is 700 g/mol. The van der Waals surface area contributed by atoms with Crippen molar-refractivity contribution in [3.05, 3.63) is 140 Å². The van der Waals surface area contributed by atoms with E-state index in [9.17, 15) is 0 Å². The van der Waals surface area contributed by atoms with Gasteiger partial charge in [0.1, 0.15) is 50.4 Å². The Morgan fingerprint density at radius 3 is 1.82 bits per heavy atom. The van der Waals surface area contributed by atoms with E-state index in [0.717, 1.165) is 55.4 Å². The molecule has 0 fully saturated rings. The maximum atomic E-state index is 6.81. The third-order valence-corrected chi connectivity index (χ3v) is 11.7. The Morgan fingerprint density at radius 2 is 1.04 bits per heavy atom. The van der Waals surface area contributed by atoms with Crippen LogP contribution < -0.4 is 27.3 Å². The Labute approximate surface area is 323 Å². The largest absolute Gasteiger partial charge is 0.455 e. The molecule has 10 heteroatoms.